The molecule has 1 aromatic rings. The number of ether oxygens (including phenoxy) is 2. The number of carbonyl (C=O) groups is 1. The molecule has 0 unspecified atom stereocenters. The van der Waals surface area contributed by atoms with Gasteiger partial charge in [-0.1, -0.05) is 44.9 Å². The number of esters is 1. The molecule has 0 fully saturated rings. The van der Waals surface area contributed by atoms with E-state index in [2.05, 4.69) is 32.0 Å². The molecule has 0 aliphatic carbocycles. The van der Waals surface area contributed by atoms with Crippen molar-refractivity contribution in [3.63, 3.8) is 0 Å². The van der Waals surface area contributed by atoms with Gasteiger partial charge in [0.2, 0.25) is 0 Å². The second-order valence-corrected chi connectivity index (χ2v) is 4.92. The molecule has 0 aliphatic rings. The van der Waals surface area contributed by atoms with Crippen LogP contribution in [0.25, 0.3) is 0 Å². The highest BCUT2D eigenvalue weighted by molar-refractivity contribution is 5.74. The van der Waals surface area contributed by atoms with Crippen molar-refractivity contribution >= 4 is 5.97 Å². The van der Waals surface area contributed by atoms with E-state index in [1.807, 2.05) is 0 Å². The quantitative estimate of drug-likeness (QED) is 0.676. The van der Waals surface area contributed by atoms with Crippen LogP contribution in [0.4, 0.5) is 0 Å². The van der Waals surface area contributed by atoms with Gasteiger partial charge >= 0.3 is 5.97 Å². The zero-order valence-corrected chi connectivity index (χ0v) is 13.1. The van der Waals surface area contributed by atoms with Gasteiger partial charge < -0.3 is 9.47 Å². The first-order chi connectivity index (χ1) is 9.63. The molecule has 0 aliphatic heterocycles. The van der Waals surface area contributed by atoms with E-state index >= 15 is 0 Å². The fourth-order valence-electron chi connectivity index (χ4n) is 2.21. The van der Waals surface area contributed by atoms with Gasteiger partial charge in [0.1, 0.15) is 5.75 Å². The Morgan fingerprint density at radius 1 is 1.10 bits per heavy atom. The van der Waals surface area contributed by atoms with Gasteiger partial charge in [-0.25, -0.2) is 4.79 Å². The van der Waals surface area contributed by atoms with Gasteiger partial charge in [0.25, 0.3) is 0 Å². The van der Waals surface area contributed by atoms with Gasteiger partial charge in [-0.15, -0.1) is 0 Å². The molecule has 20 heavy (non-hydrogen) atoms. The van der Waals surface area contributed by atoms with E-state index in [-0.39, 0.29) is 5.97 Å². The van der Waals surface area contributed by atoms with Crippen molar-refractivity contribution < 1.29 is 14.3 Å². The molecule has 1 aromatic carbocycles. The fourth-order valence-corrected chi connectivity index (χ4v) is 2.21. The zero-order valence-electron chi connectivity index (χ0n) is 13.1. The lowest BCUT2D eigenvalue weighted by Crippen LogP contribution is -2.27. The normalized spacial score (nSPS) is 12.0. The van der Waals surface area contributed by atoms with Crippen LogP contribution in [0.2, 0.25) is 0 Å². The predicted octanol–water partition coefficient (Wildman–Crippen LogP) is 3.92. The Balaban J connectivity index is 2.97. The summed E-state index contributed by atoms with van der Waals surface area (Å²) in [7, 11) is 0. The number of rotatable bonds is 8. The molecule has 112 valence electrons. The van der Waals surface area contributed by atoms with Crippen LogP contribution in [0.1, 0.15) is 51.7 Å². The van der Waals surface area contributed by atoms with Gasteiger partial charge in [0.15, 0.2) is 6.10 Å². The van der Waals surface area contributed by atoms with Crippen molar-refractivity contribution in [2.24, 2.45) is 0 Å². The molecule has 3 heteroatoms. The summed E-state index contributed by atoms with van der Waals surface area (Å²) in [6.07, 6.45) is 3.47. The lowest BCUT2D eigenvalue weighted by Gasteiger charge is -2.19. The number of hydrogen-bond acceptors (Lipinski definition) is 3. The molecule has 0 saturated carbocycles. The maximum atomic E-state index is 11.7. The molecule has 0 N–H and O–H groups in total. The van der Waals surface area contributed by atoms with Crippen LogP contribution in [-0.2, 0) is 22.4 Å². The lowest BCUT2D eigenvalue weighted by atomic mass is 10.0. The Morgan fingerprint density at radius 3 is 2.10 bits per heavy atom. The van der Waals surface area contributed by atoms with Gasteiger partial charge in [-0.2, -0.15) is 0 Å². The summed E-state index contributed by atoms with van der Waals surface area (Å²) in [6.45, 7) is 8.22. The standard InChI is InChI=1S/C17H26O3/c1-5-9-14-11-8-12-15(10-6-2)16(14)20-13(4)17(18)19-7-3/h8,11-13H,5-7,9-10H2,1-4H3/t13-/m1/s1. The third-order valence-electron chi connectivity index (χ3n) is 3.13. The van der Waals surface area contributed by atoms with Crippen molar-refractivity contribution in [3.05, 3.63) is 29.3 Å². The highest BCUT2D eigenvalue weighted by Crippen LogP contribution is 2.28. The number of carbonyl (C=O) groups excluding carboxylic acids is 1. The molecular weight excluding hydrogens is 252 g/mol. The van der Waals surface area contributed by atoms with Crippen molar-refractivity contribution in [3.8, 4) is 5.75 Å². The molecular formula is C17H26O3. The zero-order chi connectivity index (χ0) is 15.0. The first-order valence-electron chi connectivity index (χ1n) is 7.58. The van der Waals surface area contributed by atoms with E-state index < -0.39 is 6.10 Å². The lowest BCUT2D eigenvalue weighted by molar-refractivity contribution is -0.150. The molecule has 3 nitrogen and oxygen atoms in total. The van der Waals surface area contributed by atoms with Crippen LogP contribution < -0.4 is 4.74 Å². The van der Waals surface area contributed by atoms with E-state index in [4.69, 9.17) is 9.47 Å². The van der Waals surface area contributed by atoms with Crippen molar-refractivity contribution in [1.29, 1.82) is 0 Å². The number of para-hydroxylation sites is 1. The SMILES string of the molecule is CCCc1cccc(CCC)c1O[C@H](C)C(=O)OCC. The molecule has 0 amide bonds. The molecule has 0 aromatic heterocycles. The molecule has 1 atom stereocenters. The number of hydrogen-bond donors (Lipinski definition) is 0. The summed E-state index contributed by atoms with van der Waals surface area (Å²) in [6, 6.07) is 6.23. The maximum Gasteiger partial charge on any atom is 0.347 e. The largest absolute Gasteiger partial charge is 0.478 e. The fraction of sp³-hybridized carbons (Fsp3) is 0.588. The summed E-state index contributed by atoms with van der Waals surface area (Å²) in [5.41, 5.74) is 2.35. The second kappa shape index (κ2) is 8.62. The summed E-state index contributed by atoms with van der Waals surface area (Å²) in [5, 5.41) is 0. The molecule has 0 bridgehead atoms. The minimum atomic E-state index is -0.566. The third kappa shape index (κ3) is 4.55. The van der Waals surface area contributed by atoms with E-state index in [1.54, 1.807) is 13.8 Å². The summed E-state index contributed by atoms with van der Waals surface area (Å²) < 4.78 is 10.9. The van der Waals surface area contributed by atoms with Crippen LogP contribution in [0.5, 0.6) is 5.75 Å². The van der Waals surface area contributed by atoms with Crippen LogP contribution in [0, 0.1) is 0 Å². The van der Waals surface area contributed by atoms with Crippen LogP contribution in [0.15, 0.2) is 18.2 Å². The Kier molecular flexibility index (Phi) is 7.13. The van der Waals surface area contributed by atoms with Crippen LogP contribution in [-0.4, -0.2) is 18.7 Å². The van der Waals surface area contributed by atoms with Gasteiger partial charge in [0, 0.05) is 0 Å². The topological polar surface area (TPSA) is 35.5 Å². The number of benzene rings is 1. The van der Waals surface area contributed by atoms with Crippen molar-refractivity contribution in [2.75, 3.05) is 6.61 Å². The predicted molar refractivity (Wildman–Crippen MR) is 81.2 cm³/mol. The molecule has 0 heterocycles. The van der Waals surface area contributed by atoms with Gasteiger partial charge in [0.05, 0.1) is 6.61 Å². The molecule has 0 spiro atoms. The van der Waals surface area contributed by atoms with Gasteiger partial charge in [-0.3, -0.25) is 0 Å². The molecule has 0 radical (unpaired) electrons. The van der Waals surface area contributed by atoms with Crippen molar-refractivity contribution in [1.82, 2.24) is 0 Å². The van der Waals surface area contributed by atoms with E-state index in [9.17, 15) is 4.79 Å². The number of aryl methyl sites for hydroxylation is 2. The summed E-state index contributed by atoms with van der Waals surface area (Å²) in [4.78, 5) is 11.7. The Labute approximate surface area is 122 Å². The summed E-state index contributed by atoms with van der Waals surface area (Å²) in [5.74, 6) is 0.568. The van der Waals surface area contributed by atoms with E-state index in [1.165, 1.54) is 11.1 Å². The Bertz CT molecular complexity index is 402. The van der Waals surface area contributed by atoms with Gasteiger partial charge in [-0.05, 0) is 37.8 Å². The third-order valence-corrected chi connectivity index (χ3v) is 3.13. The van der Waals surface area contributed by atoms with E-state index in [0.717, 1.165) is 31.4 Å². The average molecular weight is 278 g/mol. The minimum absolute atomic E-state index is 0.304. The van der Waals surface area contributed by atoms with E-state index in [0.29, 0.717) is 6.61 Å². The monoisotopic (exact) mass is 278 g/mol. The van der Waals surface area contributed by atoms with Crippen molar-refractivity contribution in [2.45, 2.75) is 59.5 Å². The highest BCUT2D eigenvalue weighted by atomic mass is 16.6. The second-order valence-electron chi connectivity index (χ2n) is 4.92. The smallest absolute Gasteiger partial charge is 0.347 e. The van der Waals surface area contributed by atoms with Crippen LogP contribution >= 0.6 is 0 Å². The molecule has 0 saturated heterocycles. The average Bonchev–Trinajstić information content (AvgIpc) is 2.43. The highest BCUT2D eigenvalue weighted by Gasteiger charge is 2.19. The Morgan fingerprint density at radius 2 is 1.65 bits per heavy atom. The summed E-state index contributed by atoms with van der Waals surface area (Å²) >= 11 is 0. The molecule has 1 rings (SSSR count). The Hall–Kier alpha value is -1.51. The first-order valence-corrected chi connectivity index (χ1v) is 7.58. The maximum absolute atomic E-state index is 11.7. The minimum Gasteiger partial charge on any atom is -0.478 e. The van der Waals surface area contributed by atoms with Crippen LogP contribution in [0.3, 0.4) is 0 Å². The first kappa shape index (κ1) is 16.5.